The van der Waals surface area contributed by atoms with E-state index in [1.165, 1.54) is 6.92 Å². The molecule has 2 atom stereocenters. The van der Waals surface area contributed by atoms with Crippen molar-refractivity contribution < 1.29 is 23.9 Å². The molecule has 2 fully saturated rings. The van der Waals surface area contributed by atoms with Crippen LogP contribution in [0.5, 0.6) is 0 Å². The highest BCUT2D eigenvalue weighted by molar-refractivity contribution is 6.12. The van der Waals surface area contributed by atoms with Crippen molar-refractivity contribution in [3.63, 3.8) is 0 Å². The molecular weight excluding hydrogens is 486 g/mol. The molecule has 204 valence electrons. The zero-order valence-corrected chi connectivity index (χ0v) is 22.5. The van der Waals surface area contributed by atoms with E-state index in [0.29, 0.717) is 38.5 Å². The molecule has 4 rings (SSSR count). The Morgan fingerprint density at radius 2 is 2.03 bits per heavy atom. The number of hydrogen-bond acceptors (Lipinski definition) is 7. The summed E-state index contributed by atoms with van der Waals surface area (Å²) in [5, 5.41) is 6.17. The van der Waals surface area contributed by atoms with E-state index < -0.39 is 17.7 Å². The molecule has 0 aliphatic carbocycles. The van der Waals surface area contributed by atoms with E-state index >= 15 is 0 Å². The lowest BCUT2D eigenvalue weighted by atomic mass is 10.1. The van der Waals surface area contributed by atoms with Gasteiger partial charge in [-0.2, -0.15) is 0 Å². The monoisotopic (exact) mass is 523 g/mol. The Kier molecular flexibility index (Phi) is 9.09. The molecule has 2 unspecified atom stereocenters. The summed E-state index contributed by atoms with van der Waals surface area (Å²) >= 11 is 0. The Morgan fingerprint density at radius 3 is 2.71 bits per heavy atom. The first-order valence-electron chi connectivity index (χ1n) is 13.2. The second-order valence-corrected chi connectivity index (χ2v) is 9.91. The summed E-state index contributed by atoms with van der Waals surface area (Å²) < 4.78 is 14.5. The van der Waals surface area contributed by atoms with E-state index in [2.05, 4.69) is 36.0 Å². The second kappa shape index (κ2) is 12.5. The molecule has 0 bridgehead atoms. The van der Waals surface area contributed by atoms with E-state index in [-0.39, 0.29) is 30.4 Å². The van der Waals surface area contributed by atoms with Crippen molar-refractivity contribution in [1.82, 2.24) is 25.1 Å². The highest BCUT2D eigenvalue weighted by atomic mass is 16.5. The first-order valence-corrected chi connectivity index (χ1v) is 13.2. The molecule has 3 amide bonds. The van der Waals surface area contributed by atoms with Crippen LogP contribution in [0, 0.1) is 0 Å². The van der Waals surface area contributed by atoms with Crippen molar-refractivity contribution in [1.29, 1.82) is 0 Å². The summed E-state index contributed by atoms with van der Waals surface area (Å²) in [5.41, 5.74) is 2.61. The molecule has 10 nitrogen and oxygen atoms in total. The first-order chi connectivity index (χ1) is 18.3. The van der Waals surface area contributed by atoms with E-state index in [1.54, 1.807) is 6.08 Å². The number of nitrogens with one attached hydrogen (secondary N) is 2. The average molecular weight is 524 g/mol. The van der Waals surface area contributed by atoms with Gasteiger partial charge in [-0.3, -0.25) is 19.3 Å². The largest absolute Gasteiger partial charge is 0.375 e. The summed E-state index contributed by atoms with van der Waals surface area (Å²) in [5.74, 6) is -0.559. The van der Waals surface area contributed by atoms with Gasteiger partial charge in [0, 0.05) is 19.9 Å². The third kappa shape index (κ3) is 6.20. The van der Waals surface area contributed by atoms with Crippen molar-refractivity contribution in [2.24, 2.45) is 0 Å². The minimum atomic E-state index is -0.541. The van der Waals surface area contributed by atoms with Crippen LogP contribution in [-0.4, -0.2) is 64.5 Å². The van der Waals surface area contributed by atoms with Gasteiger partial charge >= 0.3 is 0 Å². The Morgan fingerprint density at radius 1 is 1.26 bits per heavy atom. The number of amides is 3. The number of imidazole rings is 1. The molecule has 2 aliphatic heterocycles. The number of hydrogen-bond donors (Lipinski definition) is 2. The predicted molar refractivity (Wildman–Crippen MR) is 142 cm³/mol. The van der Waals surface area contributed by atoms with E-state index in [4.69, 9.17) is 14.5 Å². The average Bonchev–Trinajstić information content (AvgIpc) is 3.24. The number of aryl methyl sites for hydroxylation is 1. The van der Waals surface area contributed by atoms with Crippen LogP contribution in [0.25, 0.3) is 6.08 Å². The molecule has 10 heteroatoms. The Balaban J connectivity index is 1.68. The summed E-state index contributed by atoms with van der Waals surface area (Å²) in [6.07, 6.45) is 2.80. The summed E-state index contributed by atoms with van der Waals surface area (Å²) in [7, 11) is 0. The minimum absolute atomic E-state index is 0.0367. The molecule has 1 aromatic carbocycles. The highest BCUT2D eigenvalue weighted by Gasteiger charge is 2.35. The number of aromatic nitrogens is 2. The summed E-state index contributed by atoms with van der Waals surface area (Å²) in [6, 6.07) is 9.92. The molecule has 3 heterocycles. The minimum Gasteiger partial charge on any atom is -0.375 e. The summed E-state index contributed by atoms with van der Waals surface area (Å²) in [4.78, 5) is 43.0. The van der Waals surface area contributed by atoms with E-state index in [0.717, 1.165) is 28.4 Å². The van der Waals surface area contributed by atoms with Crippen LogP contribution in [0.3, 0.4) is 0 Å². The Bertz CT molecular complexity index is 1190. The van der Waals surface area contributed by atoms with Crippen LogP contribution in [0.15, 0.2) is 36.0 Å². The number of piperazine rings is 1. The van der Waals surface area contributed by atoms with Gasteiger partial charge in [0.15, 0.2) is 6.23 Å². The van der Waals surface area contributed by atoms with Crippen LogP contribution >= 0.6 is 0 Å². The van der Waals surface area contributed by atoms with Gasteiger partial charge in [0.2, 0.25) is 11.8 Å². The molecule has 2 aliphatic rings. The number of carbonyl (C=O) groups is 3. The van der Waals surface area contributed by atoms with Crippen molar-refractivity contribution in [3.8, 4) is 0 Å². The number of morpholine rings is 1. The van der Waals surface area contributed by atoms with Gasteiger partial charge in [0.25, 0.3) is 5.91 Å². The lowest BCUT2D eigenvalue weighted by Crippen LogP contribution is -2.51. The SMILES string of the molecule is CCCc1nc(C=C2NC(=O)CN(C(C)=O)C2=O)c(C(C)C)n1C1OCCNC1COCc1ccccc1. The maximum Gasteiger partial charge on any atom is 0.277 e. The van der Waals surface area contributed by atoms with Gasteiger partial charge in [-0.25, -0.2) is 4.98 Å². The summed E-state index contributed by atoms with van der Waals surface area (Å²) in [6.45, 7) is 9.39. The number of ether oxygens (including phenoxy) is 2. The van der Waals surface area contributed by atoms with Gasteiger partial charge in [-0.05, 0) is 24.0 Å². The molecule has 0 spiro atoms. The molecular formula is C28H37N5O5. The molecule has 38 heavy (non-hydrogen) atoms. The smallest absolute Gasteiger partial charge is 0.277 e. The maximum atomic E-state index is 12.9. The third-order valence-electron chi connectivity index (χ3n) is 6.59. The molecule has 0 saturated carbocycles. The fraction of sp³-hybridized carbons (Fsp3) is 0.500. The Labute approximate surface area is 223 Å². The third-order valence-corrected chi connectivity index (χ3v) is 6.59. The fourth-order valence-corrected chi connectivity index (χ4v) is 4.88. The van der Waals surface area contributed by atoms with Crippen LogP contribution in [0.4, 0.5) is 0 Å². The first kappa shape index (κ1) is 27.7. The van der Waals surface area contributed by atoms with Crippen LogP contribution in [0.1, 0.15) is 69.0 Å². The van der Waals surface area contributed by atoms with E-state index in [9.17, 15) is 14.4 Å². The Hall–Kier alpha value is -3.34. The van der Waals surface area contributed by atoms with Gasteiger partial charge in [0.1, 0.15) is 18.1 Å². The quantitative estimate of drug-likeness (QED) is 0.486. The lowest BCUT2D eigenvalue weighted by molar-refractivity contribution is -0.147. The maximum absolute atomic E-state index is 12.9. The predicted octanol–water partition coefficient (Wildman–Crippen LogP) is 2.51. The number of nitrogens with zero attached hydrogens (tertiary/aromatic N) is 3. The number of carbonyl (C=O) groups excluding carboxylic acids is 3. The van der Waals surface area contributed by atoms with Crippen LogP contribution in [0.2, 0.25) is 0 Å². The van der Waals surface area contributed by atoms with E-state index in [1.807, 2.05) is 30.3 Å². The lowest BCUT2D eigenvalue weighted by Gasteiger charge is -2.36. The second-order valence-electron chi connectivity index (χ2n) is 9.91. The molecule has 0 radical (unpaired) electrons. The topological polar surface area (TPSA) is 115 Å². The zero-order valence-electron chi connectivity index (χ0n) is 22.5. The molecule has 2 saturated heterocycles. The number of benzene rings is 1. The van der Waals surface area contributed by atoms with Gasteiger partial charge in [0.05, 0.1) is 37.3 Å². The van der Waals surface area contributed by atoms with Crippen molar-refractivity contribution in [2.45, 2.75) is 65.3 Å². The van der Waals surface area contributed by atoms with Crippen molar-refractivity contribution in [2.75, 3.05) is 26.3 Å². The van der Waals surface area contributed by atoms with Gasteiger partial charge < -0.3 is 24.7 Å². The van der Waals surface area contributed by atoms with Gasteiger partial charge in [-0.15, -0.1) is 0 Å². The highest BCUT2D eigenvalue weighted by Crippen LogP contribution is 2.31. The van der Waals surface area contributed by atoms with Crippen LogP contribution < -0.4 is 10.6 Å². The van der Waals surface area contributed by atoms with Gasteiger partial charge in [-0.1, -0.05) is 51.1 Å². The molecule has 1 aromatic heterocycles. The molecule has 2 N–H and O–H groups in total. The fourth-order valence-electron chi connectivity index (χ4n) is 4.88. The number of rotatable bonds is 9. The number of imide groups is 1. The molecule has 2 aromatic rings. The van der Waals surface area contributed by atoms with Crippen molar-refractivity contribution in [3.05, 3.63) is 58.8 Å². The van der Waals surface area contributed by atoms with Crippen LogP contribution in [-0.2, 0) is 36.9 Å². The normalized spacial score (nSPS) is 21.3. The van der Waals surface area contributed by atoms with Crippen molar-refractivity contribution >= 4 is 23.8 Å². The standard InChI is InChI=1S/C28H37N5O5/c1-5-9-24-30-21(14-22-27(36)32(19(4)34)15-25(35)31-22)26(18(2)3)33(24)28-23(29-12-13-38-28)17-37-16-20-10-7-6-8-11-20/h6-8,10-11,14,18,23,28-29H,5,9,12-13,15-17H2,1-4H3,(H,31,35). The zero-order chi connectivity index (χ0) is 27.2.